The molecule has 2 atom stereocenters. The van der Waals surface area contributed by atoms with Crippen molar-refractivity contribution in [1.82, 2.24) is 10.6 Å². The summed E-state index contributed by atoms with van der Waals surface area (Å²) in [4.78, 5) is 11.8. The van der Waals surface area contributed by atoms with Crippen molar-refractivity contribution < 1.29 is 9.53 Å². The molecule has 1 spiro atoms. The molecule has 1 amide bonds. The third-order valence-corrected chi connectivity index (χ3v) is 3.99. The predicted octanol–water partition coefficient (Wildman–Crippen LogP) is 2.43. The van der Waals surface area contributed by atoms with E-state index in [0.29, 0.717) is 5.41 Å². The van der Waals surface area contributed by atoms with E-state index in [9.17, 15) is 4.79 Å². The SMILES string of the molecule is CC(C)(C)OC(=O)NC1CCCC2(CCNC2)C1. The third kappa shape index (κ3) is 3.61. The summed E-state index contributed by atoms with van der Waals surface area (Å²) < 4.78 is 5.33. The molecule has 2 aliphatic rings. The van der Waals surface area contributed by atoms with E-state index in [4.69, 9.17) is 4.74 Å². The van der Waals surface area contributed by atoms with E-state index in [2.05, 4.69) is 10.6 Å². The van der Waals surface area contributed by atoms with Crippen molar-refractivity contribution in [1.29, 1.82) is 0 Å². The first-order valence-electron chi connectivity index (χ1n) is 7.09. The van der Waals surface area contributed by atoms with Gasteiger partial charge in [-0.15, -0.1) is 0 Å². The van der Waals surface area contributed by atoms with Crippen molar-refractivity contribution in [2.24, 2.45) is 5.41 Å². The van der Waals surface area contributed by atoms with Gasteiger partial charge in [0.25, 0.3) is 0 Å². The molecule has 104 valence electrons. The molecule has 18 heavy (non-hydrogen) atoms. The Morgan fingerprint density at radius 2 is 2.17 bits per heavy atom. The summed E-state index contributed by atoms with van der Waals surface area (Å²) in [7, 11) is 0. The van der Waals surface area contributed by atoms with Crippen molar-refractivity contribution in [3.05, 3.63) is 0 Å². The van der Waals surface area contributed by atoms with E-state index in [1.165, 1.54) is 19.3 Å². The number of hydrogen-bond donors (Lipinski definition) is 2. The maximum atomic E-state index is 11.8. The number of carbonyl (C=O) groups excluding carboxylic acids is 1. The number of alkyl carbamates (subject to hydrolysis) is 1. The lowest BCUT2D eigenvalue weighted by molar-refractivity contribution is 0.0464. The summed E-state index contributed by atoms with van der Waals surface area (Å²) >= 11 is 0. The average Bonchev–Trinajstić information content (AvgIpc) is 2.63. The highest BCUT2D eigenvalue weighted by Crippen LogP contribution is 2.41. The van der Waals surface area contributed by atoms with Crippen LogP contribution in [0.2, 0.25) is 0 Å². The molecule has 2 fully saturated rings. The van der Waals surface area contributed by atoms with Gasteiger partial charge in [-0.2, -0.15) is 0 Å². The van der Waals surface area contributed by atoms with E-state index in [-0.39, 0.29) is 12.1 Å². The summed E-state index contributed by atoms with van der Waals surface area (Å²) in [5.74, 6) is 0. The van der Waals surface area contributed by atoms with E-state index in [1.54, 1.807) is 0 Å². The molecular weight excluding hydrogens is 228 g/mol. The Hall–Kier alpha value is -0.770. The molecular formula is C14H26N2O2. The van der Waals surface area contributed by atoms with Crippen molar-refractivity contribution in [3.63, 3.8) is 0 Å². The van der Waals surface area contributed by atoms with Gasteiger partial charge in [-0.3, -0.25) is 0 Å². The maximum absolute atomic E-state index is 11.8. The Labute approximate surface area is 110 Å². The van der Waals surface area contributed by atoms with Crippen LogP contribution in [0.3, 0.4) is 0 Å². The highest BCUT2D eigenvalue weighted by molar-refractivity contribution is 5.68. The van der Waals surface area contributed by atoms with E-state index >= 15 is 0 Å². The van der Waals surface area contributed by atoms with Crippen LogP contribution in [0, 0.1) is 5.41 Å². The van der Waals surface area contributed by atoms with Crippen LogP contribution in [0.5, 0.6) is 0 Å². The van der Waals surface area contributed by atoms with Gasteiger partial charge in [0.2, 0.25) is 0 Å². The van der Waals surface area contributed by atoms with Gasteiger partial charge in [-0.1, -0.05) is 6.42 Å². The topological polar surface area (TPSA) is 50.4 Å². The zero-order chi connectivity index (χ0) is 13.2. The third-order valence-electron chi connectivity index (χ3n) is 3.99. The van der Waals surface area contributed by atoms with E-state index < -0.39 is 5.60 Å². The second-order valence-corrected chi connectivity index (χ2v) is 6.87. The summed E-state index contributed by atoms with van der Waals surface area (Å²) in [6, 6.07) is 0.286. The fourth-order valence-corrected chi connectivity index (χ4v) is 3.23. The standard InChI is InChI=1S/C14H26N2O2/c1-13(2,3)18-12(17)16-11-5-4-6-14(9-11)7-8-15-10-14/h11,15H,4-10H2,1-3H3,(H,16,17). The first kappa shape index (κ1) is 13.7. The van der Waals surface area contributed by atoms with Gasteiger partial charge in [0, 0.05) is 12.6 Å². The molecule has 1 saturated heterocycles. The predicted molar refractivity (Wildman–Crippen MR) is 71.5 cm³/mol. The number of rotatable bonds is 1. The normalized spacial score (nSPS) is 32.5. The summed E-state index contributed by atoms with van der Waals surface area (Å²) in [5.41, 5.74) is 0.0171. The molecule has 1 aliphatic carbocycles. The minimum Gasteiger partial charge on any atom is -0.444 e. The molecule has 0 aromatic heterocycles. The smallest absolute Gasteiger partial charge is 0.407 e. The van der Waals surface area contributed by atoms with Crippen LogP contribution in [0.4, 0.5) is 4.79 Å². The van der Waals surface area contributed by atoms with Gasteiger partial charge >= 0.3 is 6.09 Å². The highest BCUT2D eigenvalue weighted by atomic mass is 16.6. The molecule has 2 N–H and O–H groups in total. The lowest BCUT2D eigenvalue weighted by Crippen LogP contribution is -2.45. The van der Waals surface area contributed by atoms with Crippen molar-refractivity contribution >= 4 is 6.09 Å². The summed E-state index contributed by atoms with van der Waals surface area (Å²) in [5, 5.41) is 6.49. The zero-order valence-corrected chi connectivity index (χ0v) is 11.8. The van der Waals surface area contributed by atoms with Gasteiger partial charge in [0.15, 0.2) is 0 Å². The molecule has 0 aromatic rings. The Morgan fingerprint density at radius 3 is 2.78 bits per heavy atom. The van der Waals surface area contributed by atoms with E-state index in [0.717, 1.165) is 25.9 Å². The minimum absolute atomic E-state index is 0.268. The summed E-state index contributed by atoms with van der Waals surface area (Å²) in [6.07, 6.45) is 5.67. The molecule has 1 aliphatic heterocycles. The largest absolute Gasteiger partial charge is 0.444 e. The van der Waals surface area contributed by atoms with E-state index in [1.807, 2.05) is 20.8 Å². The van der Waals surface area contributed by atoms with Crippen molar-refractivity contribution in [2.45, 2.75) is 64.5 Å². The monoisotopic (exact) mass is 254 g/mol. The fourth-order valence-electron chi connectivity index (χ4n) is 3.23. The molecule has 4 nitrogen and oxygen atoms in total. The molecule has 1 saturated carbocycles. The molecule has 0 radical (unpaired) electrons. The van der Waals surface area contributed by atoms with Gasteiger partial charge in [-0.05, 0) is 58.4 Å². The van der Waals surface area contributed by atoms with Gasteiger partial charge in [0.05, 0.1) is 0 Å². The van der Waals surface area contributed by atoms with Gasteiger partial charge in [-0.25, -0.2) is 4.79 Å². The minimum atomic E-state index is -0.411. The first-order valence-corrected chi connectivity index (χ1v) is 7.09. The lowest BCUT2D eigenvalue weighted by atomic mass is 9.71. The average molecular weight is 254 g/mol. The fraction of sp³-hybridized carbons (Fsp3) is 0.929. The van der Waals surface area contributed by atoms with Crippen molar-refractivity contribution in [3.8, 4) is 0 Å². The number of carbonyl (C=O) groups is 1. The van der Waals surface area contributed by atoms with Crippen molar-refractivity contribution in [2.75, 3.05) is 13.1 Å². The number of amides is 1. The number of hydrogen-bond acceptors (Lipinski definition) is 3. The highest BCUT2D eigenvalue weighted by Gasteiger charge is 2.39. The Bertz CT molecular complexity index is 303. The molecule has 0 aromatic carbocycles. The van der Waals surface area contributed by atoms with Crippen LogP contribution in [-0.2, 0) is 4.74 Å². The second-order valence-electron chi connectivity index (χ2n) is 6.87. The quantitative estimate of drug-likeness (QED) is 0.755. The van der Waals surface area contributed by atoms with Crippen LogP contribution in [-0.4, -0.2) is 30.8 Å². The Kier molecular flexibility index (Phi) is 3.85. The van der Waals surface area contributed by atoms with Crippen LogP contribution in [0.1, 0.15) is 52.9 Å². The molecule has 2 unspecified atom stereocenters. The number of nitrogens with one attached hydrogen (secondary N) is 2. The second kappa shape index (κ2) is 5.08. The Balaban J connectivity index is 1.84. The Morgan fingerprint density at radius 1 is 1.39 bits per heavy atom. The van der Waals surface area contributed by atoms with Crippen LogP contribution < -0.4 is 10.6 Å². The van der Waals surface area contributed by atoms with Crippen LogP contribution in [0.25, 0.3) is 0 Å². The lowest BCUT2D eigenvalue weighted by Gasteiger charge is -2.38. The zero-order valence-electron chi connectivity index (χ0n) is 11.8. The molecule has 4 heteroatoms. The first-order chi connectivity index (χ1) is 8.39. The van der Waals surface area contributed by atoms with Gasteiger partial charge < -0.3 is 15.4 Å². The molecule has 1 heterocycles. The summed E-state index contributed by atoms with van der Waals surface area (Å²) in [6.45, 7) is 7.93. The molecule has 2 rings (SSSR count). The van der Waals surface area contributed by atoms with Gasteiger partial charge in [0.1, 0.15) is 5.60 Å². The number of ether oxygens (including phenoxy) is 1. The van der Waals surface area contributed by atoms with Crippen LogP contribution in [0.15, 0.2) is 0 Å². The van der Waals surface area contributed by atoms with Crippen LogP contribution >= 0.6 is 0 Å². The maximum Gasteiger partial charge on any atom is 0.407 e. The molecule has 0 bridgehead atoms.